The minimum Gasteiger partial charge on any atom is -0.493 e. The number of thiazole rings is 1. The van der Waals surface area contributed by atoms with Crippen molar-refractivity contribution in [3.63, 3.8) is 0 Å². The molecule has 4 rings (SSSR count). The lowest BCUT2D eigenvalue weighted by Gasteiger charge is -2.13. The molecule has 156 valence electrons. The molecule has 6 heteroatoms. The number of hydrogen-bond acceptors (Lipinski definition) is 6. The molecular weight excluding hydrogens is 406 g/mol. The Kier molecular flexibility index (Phi) is 6.59. The van der Waals surface area contributed by atoms with Crippen LogP contribution in [0, 0.1) is 6.92 Å². The van der Waals surface area contributed by atoms with Gasteiger partial charge < -0.3 is 9.47 Å². The van der Waals surface area contributed by atoms with Crippen LogP contribution in [0.15, 0.2) is 83.3 Å². The van der Waals surface area contributed by atoms with Gasteiger partial charge in [-0.15, -0.1) is 11.3 Å². The standard InChI is InChI=1S/C25H23N3O2S/c1-18-13-23(29-2)24(30-16-19-9-5-3-6-10-19)14-21(18)15-26-28-25-27-22(17-31-25)20-11-7-4-8-12-20/h3-15,17H,16H2,1-2H3,(H,27,28). The summed E-state index contributed by atoms with van der Waals surface area (Å²) in [5.74, 6) is 1.38. The predicted octanol–water partition coefficient (Wildman–Crippen LogP) is 6.15. The third-order valence-corrected chi connectivity index (χ3v) is 5.47. The smallest absolute Gasteiger partial charge is 0.203 e. The van der Waals surface area contributed by atoms with Crippen molar-refractivity contribution in [2.75, 3.05) is 12.5 Å². The molecular formula is C25H23N3O2S. The van der Waals surface area contributed by atoms with Gasteiger partial charge in [0.05, 0.1) is 19.0 Å². The number of aryl methyl sites for hydroxylation is 1. The molecule has 0 aliphatic rings. The lowest BCUT2D eigenvalue weighted by molar-refractivity contribution is 0.284. The van der Waals surface area contributed by atoms with E-state index < -0.39 is 0 Å². The first-order chi connectivity index (χ1) is 15.2. The summed E-state index contributed by atoms with van der Waals surface area (Å²) in [6.45, 7) is 2.48. The number of methoxy groups -OCH3 is 1. The van der Waals surface area contributed by atoms with Crippen molar-refractivity contribution < 1.29 is 9.47 Å². The van der Waals surface area contributed by atoms with Gasteiger partial charge in [0, 0.05) is 16.5 Å². The highest BCUT2D eigenvalue weighted by Gasteiger charge is 2.09. The molecule has 1 heterocycles. The maximum absolute atomic E-state index is 6.01. The summed E-state index contributed by atoms with van der Waals surface area (Å²) < 4.78 is 11.5. The summed E-state index contributed by atoms with van der Waals surface area (Å²) >= 11 is 1.52. The Morgan fingerprint density at radius 3 is 2.48 bits per heavy atom. The van der Waals surface area contributed by atoms with Gasteiger partial charge in [-0.1, -0.05) is 60.7 Å². The van der Waals surface area contributed by atoms with Crippen LogP contribution in [0.5, 0.6) is 11.5 Å². The number of benzene rings is 3. The first kappa shape index (κ1) is 20.6. The zero-order chi connectivity index (χ0) is 21.5. The van der Waals surface area contributed by atoms with Crippen LogP contribution in [0.25, 0.3) is 11.3 Å². The largest absolute Gasteiger partial charge is 0.493 e. The van der Waals surface area contributed by atoms with Crippen LogP contribution in [0.3, 0.4) is 0 Å². The fourth-order valence-electron chi connectivity index (χ4n) is 3.05. The molecule has 0 bridgehead atoms. The zero-order valence-corrected chi connectivity index (χ0v) is 18.2. The number of nitrogens with zero attached hydrogens (tertiary/aromatic N) is 2. The van der Waals surface area contributed by atoms with Crippen LogP contribution < -0.4 is 14.9 Å². The van der Waals surface area contributed by atoms with E-state index in [1.54, 1.807) is 13.3 Å². The SMILES string of the molecule is COc1cc(C)c(C=NNc2nc(-c3ccccc3)cs2)cc1OCc1ccccc1. The fraction of sp³-hybridized carbons (Fsp3) is 0.120. The van der Waals surface area contributed by atoms with Crippen LogP contribution in [0.1, 0.15) is 16.7 Å². The average Bonchev–Trinajstić information content (AvgIpc) is 3.29. The van der Waals surface area contributed by atoms with Gasteiger partial charge in [0.2, 0.25) is 5.13 Å². The summed E-state index contributed by atoms with van der Waals surface area (Å²) in [5, 5.41) is 7.12. The Balaban J connectivity index is 1.46. The molecule has 1 N–H and O–H groups in total. The van der Waals surface area contributed by atoms with E-state index in [1.165, 1.54) is 11.3 Å². The van der Waals surface area contributed by atoms with Gasteiger partial charge in [0.15, 0.2) is 11.5 Å². The highest BCUT2D eigenvalue weighted by Crippen LogP contribution is 2.31. The van der Waals surface area contributed by atoms with E-state index in [4.69, 9.17) is 9.47 Å². The maximum atomic E-state index is 6.01. The summed E-state index contributed by atoms with van der Waals surface area (Å²) in [5.41, 5.74) is 8.12. The summed E-state index contributed by atoms with van der Waals surface area (Å²) in [6.07, 6.45) is 1.77. The molecule has 4 aromatic rings. The molecule has 0 atom stereocenters. The van der Waals surface area contributed by atoms with Gasteiger partial charge in [-0.2, -0.15) is 5.10 Å². The van der Waals surface area contributed by atoms with Gasteiger partial charge in [0.25, 0.3) is 0 Å². The minimum absolute atomic E-state index is 0.469. The predicted molar refractivity (Wildman–Crippen MR) is 127 cm³/mol. The Bertz CT molecular complexity index is 1160. The van der Waals surface area contributed by atoms with Crippen molar-refractivity contribution in [3.8, 4) is 22.8 Å². The monoisotopic (exact) mass is 429 g/mol. The second-order valence-corrected chi connectivity index (χ2v) is 7.77. The highest BCUT2D eigenvalue weighted by molar-refractivity contribution is 7.14. The number of anilines is 1. The number of hydrogen-bond donors (Lipinski definition) is 1. The molecule has 0 saturated carbocycles. The third-order valence-electron chi connectivity index (χ3n) is 4.73. The maximum Gasteiger partial charge on any atom is 0.203 e. The number of nitrogens with one attached hydrogen (secondary N) is 1. The van der Waals surface area contributed by atoms with Crippen LogP contribution in [-0.4, -0.2) is 18.3 Å². The number of ether oxygens (including phenoxy) is 2. The lowest BCUT2D eigenvalue weighted by Crippen LogP contribution is -2.00. The van der Waals surface area contributed by atoms with Crippen LogP contribution in [-0.2, 0) is 6.61 Å². The summed E-state index contributed by atoms with van der Waals surface area (Å²) in [4.78, 5) is 4.59. The van der Waals surface area contributed by atoms with E-state index in [9.17, 15) is 0 Å². The zero-order valence-electron chi connectivity index (χ0n) is 17.4. The van der Waals surface area contributed by atoms with Crippen LogP contribution in [0.2, 0.25) is 0 Å². The third kappa shape index (κ3) is 5.29. The first-order valence-corrected chi connectivity index (χ1v) is 10.8. The van der Waals surface area contributed by atoms with Crippen molar-refractivity contribution in [3.05, 3.63) is 94.9 Å². The topological polar surface area (TPSA) is 55.7 Å². The minimum atomic E-state index is 0.469. The number of rotatable bonds is 8. The van der Waals surface area contributed by atoms with Crippen LogP contribution >= 0.6 is 11.3 Å². The summed E-state index contributed by atoms with van der Waals surface area (Å²) in [7, 11) is 1.65. The molecule has 0 radical (unpaired) electrons. The first-order valence-electron chi connectivity index (χ1n) is 9.88. The van der Waals surface area contributed by atoms with E-state index in [1.807, 2.05) is 85.1 Å². The van der Waals surface area contributed by atoms with Gasteiger partial charge in [-0.25, -0.2) is 4.98 Å². The second kappa shape index (κ2) is 9.91. The van der Waals surface area contributed by atoms with Crippen molar-refractivity contribution >= 4 is 22.7 Å². The lowest BCUT2D eigenvalue weighted by atomic mass is 10.1. The molecule has 0 saturated heterocycles. The molecule has 0 amide bonds. The molecule has 5 nitrogen and oxygen atoms in total. The quantitative estimate of drug-likeness (QED) is 0.269. The van der Waals surface area contributed by atoms with Crippen molar-refractivity contribution in [1.29, 1.82) is 0 Å². The molecule has 0 aliphatic heterocycles. The van der Waals surface area contributed by atoms with Gasteiger partial charge in [-0.3, -0.25) is 5.43 Å². The number of hydrazone groups is 1. The molecule has 31 heavy (non-hydrogen) atoms. The van der Waals surface area contributed by atoms with E-state index in [2.05, 4.69) is 15.5 Å². The Morgan fingerprint density at radius 1 is 1.00 bits per heavy atom. The van der Waals surface area contributed by atoms with E-state index >= 15 is 0 Å². The molecule has 3 aromatic carbocycles. The highest BCUT2D eigenvalue weighted by atomic mass is 32.1. The normalized spacial score (nSPS) is 10.9. The van der Waals surface area contributed by atoms with Gasteiger partial charge >= 0.3 is 0 Å². The number of aromatic nitrogens is 1. The van der Waals surface area contributed by atoms with Crippen molar-refractivity contribution in [2.24, 2.45) is 5.10 Å². The molecule has 1 aromatic heterocycles. The average molecular weight is 430 g/mol. The molecule has 0 aliphatic carbocycles. The second-order valence-electron chi connectivity index (χ2n) is 6.91. The van der Waals surface area contributed by atoms with Gasteiger partial charge in [-0.05, 0) is 30.2 Å². The Hall–Kier alpha value is -3.64. The Labute approximate surface area is 186 Å². The van der Waals surface area contributed by atoms with Gasteiger partial charge in [0.1, 0.15) is 6.61 Å². The van der Waals surface area contributed by atoms with Crippen molar-refractivity contribution in [2.45, 2.75) is 13.5 Å². The molecule has 0 unspecified atom stereocenters. The fourth-order valence-corrected chi connectivity index (χ4v) is 3.72. The van der Waals surface area contributed by atoms with E-state index in [0.717, 1.165) is 33.1 Å². The Morgan fingerprint density at radius 2 is 1.74 bits per heavy atom. The van der Waals surface area contributed by atoms with E-state index in [0.29, 0.717) is 18.1 Å². The van der Waals surface area contributed by atoms with E-state index in [-0.39, 0.29) is 0 Å². The molecule has 0 spiro atoms. The van der Waals surface area contributed by atoms with Crippen LogP contribution in [0.4, 0.5) is 5.13 Å². The molecule has 0 fully saturated rings. The van der Waals surface area contributed by atoms with Crippen molar-refractivity contribution in [1.82, 2.24) is 4.98 Å². The summed E-state index contributed by atoms with van der Waals surface area (Å²) in [6, 6.07) is 24.0.